The lowest BCUT2D eigenvalue weighted by Crippen LogP contribution is -2.43. The summed E-state index contributed by atoms with van der Waals surface area (Å²) in [5.74, 6) is 3.58. The van der Waals surface area contributed by atoms with E-state index < -0.39 is 0 Å². The molecule has 1 atom stereocenters. The summed E-state index contributed by atoms with van der Waals surface area (Å²) in [5.41, 5.74) is 1.35. The molecule has 1 aromatic carbocycles. The molecule has 3 N–H and O–H groups in total. The molecule has 0 spiro atoms. The molecule has 1 fully saturated rings. The average molecular weight is 433 g/mol. The summed E-state index contributed by atoms with van der Waals surface area (Å²) < 4.78 is 5.25. The monoisotopic (exact) mass is 432 g/mol. The number of aliphatic hydroxyl groups is 1. The minimum Gasteiger partial charge on any atom is -0.497 e. The van der Waals surface area contributed by atoms with E-state index in [2.05, 4.69) is 48.4 Å². The van der Waals surface area contributed by atoms with E-state index in [9.17, 15) is 5.11 Å². The highest BCUT2D eigenvalue weighted by Gasteiger charge is 2.19. The van der Waals surface area contributed by atoms with Crippen LogP contribution in [0.3, 0.4) is 0 Å². The van der Waals surface area contributed by atoms with E-state index in [1.807, 2.05) is 12.1 Å². The Morgan fingerprint density at radius 1 is 1.19 bits per heavy atom. The number of aliphatic hydroxyl groups excluding tert-OH is 1. The Morgan fingerprint density at radius 3 is 2.48 bits per heavy atom. The number of nitrogens with zero attached hydrogens (tertiary/aromatic N) is 2. The molecule has 1 aromatic rings. The molecule has 0 saturated carbocycles. The normalized spacial score (nSPS) is 17.0. The second-order valence-electron chi connectivity index (χ2n) is 9.18. The minimum absolute atomic E-state index is 0.242. The van der Waals surface area contributed by atoms with Crippen molar-refractivity contribution in [3.8, 4) is 5.75 Å². The standard InChI is InChI=1S/C25H44N4O2/c1-5-26-25(28-18-23(12-15-30)16-20(2)3)27-17-21-10-13-29(14-11-21)19-22-6-8-24(31-4)9-7-22/h6-9,20-21,23,30H,5,10-19H2,1-4H3,(H2,26,27,28). The van der Waals surface area contributed by atoms with Gasteiger partial charge in [-0.3, -0.25) is 9.89 Å². The summed E-state index contributed by atoms with van der Waals surface area (Å²) >= 11 is 0. The van der Waals surface area contributed by atoms with Crippen LogP contribution in [0, 0.1) is 17.8 Å². The third kappa shape index (κ3) is 9.92. The van der Waals surface area contributed by atoms with Crippen molar-refractivity contribution in [3.05, 3.63) is 29.8 Å². The molecule has 1 aliphatic heterocycles. The maximum atomic E-state index is 9.34. The number of hydrogen-bond donors (Lipinski definition) is 3. The molecule has 1 unspecified atom stereocenters. The second-order valence-corrected chi connectivity index (χ2v) is 9.18. The van der Waals surface area contributed by atoms with E-state index >= 15 is 0 Å². The molecular formula is C25H44N4O2. The molecule has 6 nitrogen and oxygen atoms in total. The Labute approximate surface area is 189 Å². The van der Waals surface area contributed by atoms with Crippen LogP contribution < -0.4 is 15.4 Å². The number of guanidine groups is 1. The van der Waals surface area contributed by atoms with Crippen LogP contribution in [0.25, 0.3) is 0 Å². The van der Waals surface area contributed by atoms with Gasteiger partial charge in [-0.25, -0.2) is 0 Å². The van der Waals surface area contributed by atoms with Crippen molar-refractivity contribution in [2.24, 2.45) is 22.7 Å². The van der Waals surface area contributed by atoms with Crippen molar-refractivity contribution in [1.82, 2.24) is 15.5 Å². The average Bonchev–Trinajstić information content (AvgIpc) is 2.77. The lowest BCUT2D eigenvalue weighted by molar-refractivity contribution is 0.178. The summed E-state index contributed by atoms with van der Waals surface area (Å²) in [6.07, 6.45) is 4.36. The zero-order valence-corrected chi connectivity index (χ0v) is 20.1. The van der Waals surface area contributed by atoms with E-state index in [1.165, 1.54) is 18.4 Å². The van der Waals surface area contributed by atoms with Gasteiger partial charge in [0.25, 0.3) is 0 Å². The van der Waals surface area contributed by atoms with Gasteiger partial charge in [0.2, 0.25) is 0 Å². The largest absolute Gasteiger partial charge is 0.497 e. The van der Waals surface area contributed by atoms with Gasteiger partial charge in [0.1, 0.15) is 5.75 Å². The summed E-state index contributed by atoms with van der Waals surface area (Å²) in [6, 6.07) is 8.41. The highest BCUT2D eigenvalue weighted by atomic mass is 16.5. The molecule has 0 aliphatic carbocycles. The van der Waals surface area contributed by atoms with Gasteiger partial charge in [-0.1, -0.05) is 26.0 Å². The second kappa shape index (κ2) is 14.3. The first-order valence-corrected chi connectivity index (χ1v) is 12.0. The van der Waals surface area contributed by atoms with Gasteiger partial charge >= 0.3 is 0 Å². The zero-order chi connectivity index (χ0) is 22.5. The SMILES string of the molecule is CCNC(=NCC(CCO)CC(C)C)NCC1CCN(Cc2ccc(OC)cc2)CC1. The maximum Gasteiger partial charge on any atom is 0.191 e. The minimum atomic E-state index is 0.242. The number of nitrogens with one attached hydrogen (secondary N) is 2. The van der Waals surface area contributed by atoms with Gasteiger partial charge in [0.15, 0.2) is 5.96 Å². The Balaban J connectivity index is 1.76. The van der Waals surface area contributed by atoms with Crippen LogP contribution in [0.2, 0.25) is 0 Å². The molecule has 176 valence electrons. The first-order chi connectivity index (χ1) is 15.0. The number of rotatable bonds is 12. The van der Waals surface area contributed by atoms with Crippen molar-refractivity contribution in [2.45, 2.75) is 53.0 Å². The maximum absolute atomic E-state index is 9.34. The van der Waals surface area contributed by atoms with Crippen LogP contribution in [-0.2, 0) is 6.54 Å². The third-order valence-corrected chi connectivity index (χ3v) is 6.02. The Bertz CT molecular complexity index is 625. The van der Waals surface area contributed by atoms with Gasteiger partial charge in [0.05, 0.1) is 7.11 Å². The smallest absolute Gasteiger partial charge is 0.191 e. The summed E-state index contributed by atoms with van der Waals surface area (Å²) in [5, 5.41) is 16.3. The van der Waals surface area contributed by atoms with Crippen LogP contribution in [0.4, 0.5) is 0 Å². The fourth-order valence-corrected chi connectivity index (χ4v) is 4.27. The van der Waals surface area contributed by atoms with Crippen molar-refractivity contribution in [2.75, 3.05) is 46.4 Å². The number of methoxy groups -OCH3 is 1. The van der Waals surface area contributed by atoms with Gasteiger partial charge in [0, 0.05) is 32.8 Å². The van der Waals surface area contributed by atoms with E-state index in [0.29, 0.717) is 17.8 Å². The molecule has 1 aliphatic rings. The van der Waals surface area contributed by atoms with E-state index in [-0.39, 0.29) is 6.61 Å². The number of aliphatic imine (C=N–C) groups is 1. The molecule has 1 saturated heterocycles. The number of piperidine rings is 1. The first-order valence-electron chi connectivity index (χ1n) is 12.0. The van der Waals surface area contributed by atoms with Crippen LogP contribution in [0.5, 0.6) is 5.75 Å². The van der Waals surface area contributed by atoms with Crippen LogP contribution in [0.1, 0.15) is 52.0 Å². The lowest BCUT2D eigenvalue weighted by Gasteiger charge is -2.32. The number of hydrogen-bond acceptors (Lipinski definition) is 4. The van der Waals surface area contributed by atoms with Gasteiger partial charge in [-0.15, -0.1) is 0 Å². The molecule has 31 heavy (non-hydrogen) atoms. The third-order valence-electron chi connectivity index (χ3n) is 6.02. The molecule has 0 aromatic heterocycles. The fourth-order valence-electron chi connectivity index (χ4n) is 4.27. The Kier molecular flexibility index (Phi) is 11.8. The number of benzene rings is 1. The molecule has 0 radical (unpaired) electrons. The fraction of sp³-hybridized carbons (Fsp3) is 0.720. The van der Waals surface area contributed by atoms with Crippen molar-refractivity contribution < 1.29 is 9.84 Å². The predicted octanol–water partition coefficient (Wildman–Crippen LogP) is 3.51. The van der Waals surface area contributed by atoms with E-state index in [4.69, 9.17) is 9.73 Å². The van der Waals surface area contributed by atoms with Crippen LogP contribution >= 0.6 is 0 Å². The van der Waals surface area contributed by atoms with E-state index in [0.717, 1.165) is 63.8 Å². The molecular weight excluding hydrogens is 388 g/mol. The molecule has 2 rings (SSSR count). The van der Waals surface area contributed by atoms with Gasteiger partial charge < -0.3 is 20.5 Å². The van der Waals surface area contributed by atoms with Crippen molar-refractivity contribution in [1.29, 1.82) is 0 Å². The molecule has 6 heteroatoms. The Morgan fingerprint density at radius 2 is 1.90 bits per heavy atom. The molecule has 0 bridgehead atoms. The number of likely N-dealkylation sites (tertiary alicyclic amines) is 1. The summed E-state index contributed by atoms with van der Waals surface area (Å²) in [7, 11) is 1.71. The highest BCUT2D eigenvalue weighted by molar-refractivity contribution is 5.79. The lowest BCUT2D eigenvalue weighted by atomic mass is 9.94. The van der Waals surface area contributed by atoms with Crippen molar-refractivity contribution >= 4 is 5.96 Å². The van der Waals surface area contributed by atoms with Crippen molar-refractivity contribution in [3.63, 3.8) is 0 Å². The van der Waals surface area contributed by atoms with Gasteiger partial charge in [-0.2, -0.15) is 0 Å². The van der Waals surface area contributed by atoms with Gasteiger partial charge in [-0.05, 0) is 81.1 Å². The quantitative estimate of drug-likeness (QED) is 0.348. The first kappa shape index (κ1) is 25.5. The summed E-state index contributed by atoms with van der Waals surface area (Å²) in [6.45, 7) is 12.7. The van der Waals surface area contributed by atoms with E-state index in [1.54, 1.807) is 7.11 Å². The molecule has 1 heterocycles. The topological polar surface area (TPSA) is 69.1 Å². The predicted molar refractivity (Wildman–Crippen MR) is 130 cm³/mol. The zero-order valence-electron chi connectivity index (χ0n) is 20.1. The number of ether oxygens (including phenoxy) is 1. The van der Waals surface area contributed by atoms with Crippen LogP contribution in [0.15, 0.2) is 29.3 Å². The molecule has 0 amide bonds. The highest BCUT2D eigenvalue weighted by Crippen LogP contribution is 2.20. The Hall–Kier alpha value is -1.79. The van der Waals surface area contributed by atoms with Crippen LogP contribution in [-0.4, -0.2) is 62.4 Å². The summed E-state index contributed by atoms with van der Waals surface area (Å²) in [4.78, 5) is 7.36.